The molecule has 1 N–H and O–H groups in total. The smallest absolute Gasteiger partial charge is 0.331 e. The van der Waals surface area contributed by atoms with Gasteiger partial charge in [0.25, 0.3) is 0 Å². The van der Waals surface area contributed by atoms with Gasteiger partial charge in [-0.05, 0) is 18.9 Å². The van der Waals surface area contributed by atoms with Gasteiger partial charge in [0.2, 0.25) is 5.91 Å². The average molecular weight is 284 g/mol. The van der Waals surface area contributed by atoms with E-state index in [0.717, 1.165) is 18.2 Å². The lowest BCUT2D eigenvalue weighted by Crippen LogP contribution is -2.39. The first-order valence-electron chi connectivity index (χ1n) is 6.95. The Morgan fingerprint density at radius 2 is 2.00 bits per heavy atom. The first-order chi connectivity index (χ1) is 10.1. The van der Waals surface area contributed by atoms with Crippen LogP contribution in [0.5, 0.6) is 0 Å². The molecule has 1 aromatic carbocycles. The van der Waals surface area contributed by atoms with E-state index in [0.29, 0.717) is 11.1 Å². The largest absolute Gasteiger partial charge is 0.479 e. The number of rotatable bonds is 4. The van der Waals surface area contributed by atoms with Gasteiger partial charge in [0.05, 0.1) is 5.52 Å². The minimum Gasteiger partial charge on any atom is -0.479 e. The van der Waals surface area contributed by atoms with Crippen LogP contribution in [0.15, 0.2) is 36.5 Å². The maximum Gasteiger partial charge on any atom is 0.331 e. The van der Waals surface area contributed by atoms with Crippen molar-refractivity contribution in [3.8, 4) is 0 Å². The molecule has 0 saturated heterocycles. The van der Waals surface area contributed by atoms with Crippen molar-refractivity contribution in [3.63, 3.8) is 0 Å². The normalized spacial score (nSPS) is 15.7. The molecule has 3 rings (SSSR count). The molecule has 5 heteroatoms. The summed E-state index contributed by atoms with van der Waals surface area (Å²) in [7, 11) is 0. The number of nitrogens with zero attached hydrogens (tertiary/aromatic N) is 2. The number of carboxylic acid groups (broad SMARTS) is 1. The van der Waals surface area contributed by atoms with Crippen molar-refractivity contribution < 1.29 is 14.7 Å². The first kappa shape index (κ1) is 13.5. The molecule has 0 aliphatic heterocycles. The predicted octanol–water partition coefficient (Wildman–Crippen LogP) is 2.37. The van der Waals surface area contributed by atoms with E-state index in [4.69, 9.17) is 0 Å². The predicted molar refractivity (Wildman–Crippen MR) is 77.7 cm³/mol. The van der Waals surface area contributed by atoms with Gasteiger partial charge in [-0.15, -0.1) is 0 Å². The summed E-state index contributed by atoms with van der Waals surface area (Å²) in [5.74, 6) is -1.23. The molecule has 1 atom stereocenters. The molecular weight excluding hydrogens is 268 g/mol. The van der Waals surface area contributed by atoms with E-state index in [1.165, 1.54) is 11.8 Å². The minimum atomic E-state index is -1.02. The van der Waals surface area contributed by atoms with Crippen LogP contribution in [-0.4, -0.2) is 32.9 Å². The van der Waals surface area contributed by atoms with Crippen LogP contribution in [0.1, 0.15) is 31.4 Å². The van der Waals surface area contributed by atoms with E-state index in [2.05, 4.69) is 4.98 Å². The molecule has 1 aliphatic rings. The Morgan fingerprint density at radius 3 is 2.62 bits per heavy atom. The monoisotopic (exact) mass is 284 g/mol. The van der Waals surface area contributed by atoms with Crippen molar-refractivity contribution in [2.45, 2.75) is 31.8 Å². The van der Waals surface area contributed by atoms with Crippen molar-refractivity contribution >= 4 is 22.8 Å². The van der Waals surface area contributed by atoms with Crippen LogP contribution in [0, 0.1) is 0 Å². The zero-order valence-corrected chi connectivity index (χ0v) is 11.7. The Labute approximate surface area is 122 Å². The summed E-state index contributed by atoms with van der Waals surface area (Å²) < 4.78 is 0. The third-order valence-electron chi connectivity index (χ3n) is 3.77. The molecule has 1 saturated carbocycles. The highest BCUT2D eigenvalue weighted by atomic mass is 16.4. The summed E-state index contributed by atoms with van der Waals surface area (Å²) in [5.41, 5.74) is 1.21. The van der Waals surface area contributed by atoms with Crippen LogP contribution in [0.25, 0.3) is 10.9 Å². The Balaban J connectivity index is 2.15. The van der Waals surface area contributed by atoms with Gasteiger partial charge in [0.15, 0.2) is 6.04 Å². The van der Waals surface area contributed by atoms with Gasteiger partial charge in [-0.1, -0.05) is 24.3 Å². The van der Waals surface area contributed by atoms with Crippen molar-refractivity contribution in [2.75, 3.05) is 0 Å². The molecule has 0 radical (unpaired) electrons. The number of pyridine rings is 1. The van der Waals surface area contributed by atoms with Crippen LogP contribution in [-0.2, 0) is 9.59 Å². The highest BCUT2D eigenvalue weighted by molar-refractivity contribution is 5.90. The van der Waals surface area contributed by atoms with Gasteiger partial charge in [-0.3, -0.25) is 9.78 Å². The Bertz CT molecular complexity index is 704. The lowest BCUT2D eigenvalue weighted by Gasteiger charge is -2.28. The number of carbonyl (C=O) groups is 2. The number of carbonyl (C=O) groups excluding carboxylic acids is 1. The second kappa shape index (κ2) is 5.16. The molecule has 1 aliphatic carbocycles. The van der Waals surface area contributed by atoms with Crippen LogP contribution >= 0.6 is 0 Å². The van der Waals surface area contributed by atoms with Gasteiger partial charge >= 0.3 is 5.97 Å². The lowest BCUT2D eigenvalue weighted by molar-refractivity contribution is -0.150. The van der Waals surface area contributed by atoms with Gasteiger partial charge in [-0.2, -0.15) is 0 Å². The van der Waals surface area contributed by atoms with Gasteiger partial charge in [-0.25, -0.2) is 4.79 Å². The van der Waals surface area contributed by atoms with Gasteiger partial charge < -0.3 is 10.0 Å². The van der Waals surface area contributed by atoms with E-state index in [1.54, 1.807) is 18.3 Å². The van der Waals surface area contributed by atoms with Gasteiger partial charge in [0, 0.05) is 30.1 Å². The maximum absolute atomic E-state index is 11.9. The number of amides is 1. The van der Waals surface area contributed by atoms with Crippen LogP contribution < -0.4 is 0 Å². The first-order valence-corrected chi connectivity index (χ1v) is 6.95. The summed E-state index contributed by atoms with van der Waals surface area (Å²) in [6, 6.07) is 8.19. The SMILES string of the molecule is CC(=O)N(C1CC1)C(C(=O)O)c1cccc2cccnc12. The molecule has 1 aromatic heterocycles. The number of benzene rings is 1. The van der Waals surface area contributed by atoms with Crippen LogP contribution in [0.3, 0.4) is 0 Å². The topological polar surface area (TPSA) is 70.5 Å². The highest BCUT2D eigenvalue weighted by Gasteiger charge is 2.40. The molecule has 1 heterocycles. The molecule has 0 bridgehead atoms. The number of hydrogen-bond donors (Lipinski definition) is 1. The highest BCUT2D eigenvalue weighted by Crippen LogP contribution is 2.36. The lowest BCUT2D eigenvalue weighted by atomic mass is 10.0. The third-order valence-corrected chi connectivity index (χ3v) is 3.77. The second-order valence-electron chi connectivity index (χ2n) is 5.32. The summed E-state index contributed by atoms with van der Waals surface area (Å²) in [4.78, 5) is 29.5. The van der Waals surface area contributed by atoms with Crippen molar-refractivity contribution in [2.24, 2.45) is 0 Å². The fourth-order valence-corrected chi connectivity index (χ4v) is 2.75. The molecule has 1 unspecified atom stereocenters. The number of hydrogen-bond acceptors (Lipinski definition) is 3. The molecular formula is C16H16N2O3. The van der Waals surface area contributed by atoms with Crippen LogP contribution in [0.4, 0.5) is 0 Å². The zero-order valence-electron chi connectivity index (χ0n) is 11.7. The van der Waals surface area contributed by atoms with E-state index >= 15 is 0 Å². The molecule has 0 spiro atoms. The fraction of sp³-hybridized carbons (Fsp3) is 0.312. The summed E-state index contributed by atoms with van der Waals surface area (Å²) >= 11 is 0. The van der Waals surface area contributed by atoms with E-state index in [-0.39, 0.29) is 11.9 Å². The van der Waals surface area contributed by atoms with Gasteiger partial charge in [0.1, 0.15) is 0 Å². The quantitative estimate of drug-likeness (QED) is 0.935. The minimum absolute atomic E-state index is 0.0302. The Hall–Kier alpha value is -2.43. The number of para-hydroxylation sites is 1. The van der Waals surface area contributed by atoms with Crippen molar-refractivity contribution in [1.82, 2.24) is 9.88 Å². The fourth-order valence-electron chi connectivity index (χ4n) is 2.75. The van der Waals surface area contributed by atoms with E-state index in [9.17, 15) is 14.7 Å². The van der Waals surface area contributed by atoms with Crippen molar-refractivity contribution in [3.05, 3.63) is 42.1 Å². The molecule has 1 amide bonds. The second-order valence-corrected chi connectivity index (χ2v) is 5.32. The molecule has 5 nitrogen and oxygen atoms in total. The molecule has 1 fully saturated rings. The third kappa shape index (κ3) is 2.46. The standard InChI is InChI=1S/C16H16N2O3/c1-10(19)18(12-7-8-12)15(16(20)21)13-6-2-4-11-5-3-9-17-14(11)13/h2-6,9,12,15H,7-8H2,1H3,(H,20,21). The molecule has 108 valence electrons. The van der Waals surface area contributed by atoms with Crippen LogP contribution in [0.2, 0.25) is 0 Å². The Morgan fingerprint density at radius 1 is 1.29 bits per heavy atom. The maximum atomic E-state index is 11.9. The average Bonchev–Trinajstić information content (AvgIpc) is 3.28. The molecule has 2 aromatic rings. The molecule has 21 heavy (non-hydrogen) atoms. The number of aliphatic carboxylic acids is 1. The summed E-state index contributed by atoms with van der Waals surface area (Å²) in [6.45, 7) is 1.42. The van der Waals surface area contributed by atoms with E-state index in [1.807, 2.05) is 18.2 Å². The van der Waals surface area contributed by atoms with E-state index < -0.39 is 12.0 Å². The zero-order chi connectivity index (χ0) is 15.0. The summed E-state index contributed by atoms with van der Waals surface area (Å²) in [5, 5.41) is 10.5. The number of fused-ring (bicyclic) bond motifs is 1. The van der Waals surface area contributed by atoms with Crippen molar-refractivity contribution in [1.29, 1.82) is 0 Å². The Kier molecular flexibility index (Phi) is 3.33. The number of aromatic nitrogens is 1. The number of carboxylic acids is 1. The summed E-state index contributed by atoms with van der Waals surface area (Å²) in [6.07, 6.45) is 3.36.